The highest BCUT2D eigenvalue weighted by Crippen LogP contribution is 2.44. The molecule has 4 nitrogen and oxygen atoms in total. The van der Waals surface area contributed by atoms with Crippen molar-refractivity contribution in [2.24, 2.45) is 5.41 Å². The van der Waals surface area contributed by atoms with Gasteiger partial charge in [0.15, 0.2) is 0 Å². The van der Waals surface area contributed by atoms with Gasteiger partial charge in [0.2, 0.25) is 5.91 Å². The smallest absolute Gasteiger partial charge is 0.230 e. The Morgan fingerprint density at radius 3 is 2.62 bits per heavy atom. The second kappa shape index (κ2) is 7.21. The number of hydrogen-bond donors (Lipinski definition) is 1. The minimum Gasteiger partial charge on any atom is -0.393 e. The highest BCUT2D eigenvalue weighted by molar-refractivity contribution is 6.35. The van der Waals surface area contributed by atoms with Crippen molar-refractivity contribution < 1.29 is 9.90 Å². The molecule has 2 aliphatic heterocycles. The molecule has 4 rings (SSSR count). The van der Waals surface area contributed by atoms with Crippen LogP contribution in [0, 0.1) is 5.41 Å². The van der Waals surface area contributed by atoms with E-state index in [1.165, 1.54) is 0 Å². The van der Waals surface area contributed by atoms with Gasteiger partial charge in [0.25, 0.3) is 0 Å². The molecule has 1 aromatic rings. The summed E-state index contributed by atoms with van der Waals surface area (Å²) in [6.07, 6.45) is 6.14. The number of carbonyl (C=O) groups is 1. The van der Waals surface area contributed by atoms with E-state index >= 15 is 0 Å². The third-order valence-electron chi connectivity index (χ3n) is 6.48. The number of carbonyl (C=O) groups excluding carboxylic acids is 1. The summed E-state index contributed by atoms with van der Waals surface area (Å²) in [4.78, 5) is 17.7. The number of aliphatic hydroxyl groups is 1. The van der Waals surface area contributed by atoms with Crippen molar-refractivity contribution in [2.75, 3.05) is 24.5 Å². The minimum atomic E-state index is -0.292. The highest BCUT2D eigenvalue weighted by Gasteiger charge is 2.50. The van der Waals surface area contributed by atoms with E-state index in [1.807, 2.05) is 12.1 Å². The van der Waals surface area contributed by atoms with E-state index in [1.54, 1.807) is 6.07 Å². The van der Waals surface area contributed by atoms with Crippen LogP contribution in [0.5, 0.6) is 0 Å². The summed E-state index contributed by atoms with van der Waals surface area (Å²) < 4.78 is 0. The molecule has 0 aromatic heterocycles. The van der Waals surface area contributed by atoms with Crippen LogP contribution in [-0.4, -0.2) is 47.7 Å². The minimum absolute atomic E-state index is 0.187. The predicted molar refractivity (Wildman–Crippen MR) is 105 cm³/mol. The summed E-state index contributed by atoms with van der Waals surface area (Å²) in [6.45, 7) is 2.47. The number of rotatable bonds is 2. The van der Waals surface area contributed by atoms with Crippen LogP contribution in [0.4, 0.5) is 5.69 Å². The Bertz CT molecular complexity index is 690. The zero-order valence-electron chi connectivity index (χ0n) is 15.0. The lowest BCUT2D eigenvalue weighted by atomic mass is 9.78. The van der Waals surface area contributed by atoms with Crippen molar-refractivity contribution in [3.63, 3.8) is 0 Å². The standard InChI is InChI=1S/C20H26Cl2N2O2/c21-14-2-7-17(22)18(12-14)23-10-1-8-20(13-23)9-11-24(19(20)26)15-3-5-16(25)6-4-15/h2,7,12,15-16,25H,1,3-6,8-11,13H2/t15?,16?,20-/m1/s1. The summed E-state index contributed by atoms with van der Waals surface area (Å²) in [7, 11) is 0. The van der Waals surface area contributed by atoms with Gasteiger partial charge in [-0.15, -0.1) is 0 Å². The molecular weight excluding hydrogens is 371 g/mol. The molecule has 1 spiro atoms. The first-order chi connectivity index (χ1) is 12.5. The molecule has 1 atom stereocenters. The summed E-state index contributed by atoms with van der Waals surface area (Å²) in [5.41, 5.74) is 0.644. The number of amides is 1. The van der Waals surface area contributed by atoms with Gasteiger partial charge in [-0.05, 0) is 63.1 Å². The van der Waals surface area contributed by atoms with Crippen molar-refractivity contribution in [1.29, 1.82) is 0 Å². The molecule has 26 heavy (non-hydrogen) atoms. The first kappa shape index (κ1) is 18.4. The average Bonchev–Trinajstić information content (AvgIpc) is 2.94. The Morgan fingerprint density at radius 2 is 1.85 bits per heavy atom. The van der Waals surface area contributed by atoms with E-state index in [0.717, 1.165) is 70.3 Å². The first-order valence-corrected chi connectivity index (χ1v) is 10.4. The van der Waals surface area contributed by atoms with Gasteiger partial charge in [0.1, 0.15) is 0 Å². The van der Waals surface area contributed by atoms with Crippen LogP contribution in [0.3, 0.4) is 0 Å². The molecule has 1 amide bonds. The summed E-state index contributed by atoms with van der Waals surface area (Å²) >= 11 is 12.6. The molecule has 1 saturated carbocycles. The Morgan fingerprint density at radius 1 is 1.08 bits per heavy atom. The van der Waals surface area contributed by atoms with Crippen LogP contribution in [0.1, 0.15) is 44.9 Å². The lowest BCUT2D eigenvalue weighted by molar-refractivity contribution is -0.139. The summed E-state index contributed by atoms with van der Waals surface area (Å²) in [5.74, 6) is 0.307. The third-order valence-corrected chi connectivity index (χ3v) is 7.03. The summed E-state index contributed by atoms with van der Waals surface area (Å²) in [5, 5.41) is 11.1. The van der Waals surface area contributed by atoms with Gasteiger partial charge in [0, 0.05) is 30.7 Å². The quantitative estimate of drug-likeness (QED) is 0.817. The summed E-state index contributed by atoms with van der Waals surface area (Å²) in [6, 6.07) is 5.84. The molecular formula is C20H26Cl2N2O2. The zero-order chi connectivity index (χ0) is 18.3. The molecule has 2 heterocycles. The molecule has 1 N–H and O–H groups in total. The van der Waals surface area contributed by atoms with Gasteiger partial charge in [-0.3, -0.25) is 4.79 Å². The average molecular weight is 397 g/mol. The van der Waals surface area contributed by atoms with Gasteiger partial charge in [-0.1, -0.05) is 23.2 Å². The Balaban J connectivity index is 1.51. The van der Waals surface area contributed by atoms with E-state index in [0.29, 0.717) is 22.0 Å². The number of aliphatic hydroxyl groups excluding tert-OH is 1. The predicted octanol–water partition coefficient (Wildman–Crippen LogP) is 4.12. The van der Waals surface area contributed by atoms with E-state index in [9.17, 15) is 9.90 Å². The molecule has 2 saturated heterocycles. The van der Waals surface area contributed by atoms with Gasteiger partial charge in [0.05, 0.1) is 22.2 Å². The molecule has 0 bridgehead atoms. The topological polar surface area (TPSA) is 43.8 Å². The fourth-order valence-corrected chi connectivity index (χ4v) is 5.41. The molecule has 142 valence electrons. The Hall–Kier alpha value is -0.970. The SMILES string of the molecule is O=C1N(C2CCC(O)CC2)CC[C@@]12CCCN(c1cc(Cl)ccc1Cl)C2. The Kier molecular flexibility index (Phi) is 5.10. The number of hydrogen-bond acceptors (Lipinski definition) is 3. The number of likely N-dealkylation sites (tertiary alicyclic amines) is 1. The lowest BCUT2D eigenvalue weighted by Gasteiger charge is -2.41. The Labute approximate surface area is 165 Å². The maximum Gasteiger partial charge on any atom is 0.230 e. The van der Waals surface area contributed by atoms with Gasteiger partial charge >= 0.3 is 0 Å². The number of anilines is 1. The van der Waals surface area contributed by atoms with E-state index in [4.69, 9.17) is 23.2 Å². The van der Waals surface area contributed by atoms with Crippen LogP contribution >= 0.6 is 23.2 Å². The van der Waals surface area contributed by atoms with Crippen molar-refractivity contribution in [3.05, 3.63) is 28.2 Å². The zero-order valence-corrected chi connectivity index (χ0v) is 16.5. The molecule has 0 unspecified atom stereocenters. The van der Waals surface area contributed by atoms with E-state index in [2.05, 4.69) is 9.80 Å². The van der Waals surface area contributed by atoms with E-state index < -0.39 is 0 Å². The third kappa shape index (κ3) is 3.32. The molecule has 6 heteroatoms. The number of nitrogens with zero attached hydrogens (tertiary/aromatic N) is 2. The van der Waals surface area contributed by atoms with Crippen LogP contribution in [0.2, 0.25) is 10.0 Å². The van der Waals surface area contributed by atoms with Crippen molar-refractivity contribution >= 4 is 34.8 Å². The number of benzene rings is 1. The maximum atomic E-state index is 13.4. The van der Waals surface area contributed by atoms with Gasteiger partial charge < -0.3 is 14.9 Å². The van der Waals surface area contributed by atoms with Crippen molar-refractivity contribution in [1.82, 2.24) is 4.90 Å². The first-order valence-electron chi connectivity index (χ1n) is 9.68. The molecule has 1 aromatic carbocycles. The molecule has 3 aliphatic rings. The maximum absolute atomic E-state index is 13.4. The van der Waals surface area contributed by atoms with Crippen molar-refractivity contribution in [3.8, 4) is 0 Å². The molecule has 1 aliphatic carbocycles. The molecule has 3 fully saturated rings. The number of halogens is 2. The lowest BCUT2D eigenvalue weighted by Crippen LogP contribution is -2.50. The monoisotopic (exact) mass is 396 g/mol. The largest absolute Gasteiger partial charge is 0.393 e. The second-order valence-electron chi connectivity index (χ2n) is 8.11. The van der Waals surface area contributed by atoms with Crippen LogP contribution in [-0.2, 0) is 4.79 Å². The van der Waals surface area contributed by atoms with Crippen LogP contribution < -0.4 is 4.90 Å². The van der Waals surface area contributed by atoms with E-state index in [-0.39, 0.29) is 11.5 Å². The van der Waals surface area contributed by atoms with Gasteiger partial charge in [-0.2, -0.15) is 0 Å². The highest BCUT2D eigenvalue weighted by atomic mass is 35.5. The second-order valence-corrected chi connectivity index (χ2v) is 8.96. The van der Waals surface area contributed by atoms with Crippen LogP contribution in [0.15, 0.2) is 18.2 Å². The fourth-order valence-electron chi connectivity index (χ4n) is 5.01. The normalized spacial score (nSPS) is 32.5. The van der Waals surface area contributed by atoms with Crippen molar-refractivity contribution in [2.45, 2.75) is 57.1 Å². The van der Waals surface area contributed by atoms with Gasteiger partial charge in [-0.25, -0.2) is 0 Å². The van der Waals surface area contributed by atoms with Crippen LogP contribution in [0.25, 0.3) is 0 Å². The number of piperidine rings is 1. The fraction of sp³-hybridized carbons (Fsp3) is 0.650. The molecule has 0 radical (unpaired) electrons.